The molecular formula is C15H13N3O4S. The quantitative estimate of drug-likeness (QED) is 0.741. The number of hydrogen-bond acceptors (Lipinski definition) is 7. The topological polar surface area (TPSA) is 93.6 Å². The third kappa shape index (κ3) is 2.76. The molecule has 0 radical (unpaired) electrons. The van der Waals surface area contributed by atoms with Crippen molar-refractivity contribution in [1.29, 1.82) is 0 Å². The smallest absolute Gasteiger partial charge is 0.348 e. The summed E-state index contributed by atoms with van der Waals surface area (Å²) in [6.45, 7) is 0. The van der Waals surface area contributed by atoms with Gasteiger partial charge in [-0.3, -0.25) is 0 Å². The van der Waals surface area contributed by atoms with Crippen LogP contribution in [0.15, 0.2) is 29.9 Å². The standard InChI is InChI=1S/C15H13N3O4S/c1-21-11-5-8-10(6-12(11)22-2)16-7-17-14(8)18-9-3-4-23-13(9)15(19)20/h3-7H,1-2H3,(H,19,20)(H,16,17,18). The summed E-state index contributed by atoms with van der Waals surface area (Å²) in [6, 6.07) is 5.19. The first-order valence-corrected chi connectivity index (χ1v) is 7.46. The molecule has 0 unspecified atom stereocenters. The fourth-order valence-electron chi connectivity index (χ4n) is 2.18. The van der Waals surface area contributed by atoms with E-state index in [1.165, 1.54) is 6.33 Å². The highest BCUT2D eigenvalue weighted by atomic mass is 32.1. The number of ether oxygens (including phenoxy) is 2. The summed E-state index contributed by atoms with van der Waals surface area (Å²) in [4.78, 5) is 19.9. The van der Waals surface area contributed by atoms with E-state index < -0.39 is 5.97 Å². The first-order valence-electron chi connectivity index (χ1n) is 6.58. The maximum atomic E-state index is 11.2. The largest absolute Gasteiger partial charge is 0.493 e. The fourth-order valence-corrected chi connectivity index (χ4v) is 2.87. The number of hydrogen-bond donors (Lipinski definition) is 2. The minimum absolute atomic E-state index is 0.220. The van der Waals surface area contributed by atoms with Crippen molar-refractivity contribution in [3.8, 4) is 11.5 Å². The van der Waals surface area contributed by atoms with E-state index in [2.05, 4.69) is 15.3 Å². The first-order chi connectivity index (χ1) is 11.1. The number of fused-ring (bicyclic) bond motifs is 1. The summed E-state index contributed by atoms with van der Waals surface area (Å²) >= 11 is 1.15. The third-order valence-electron chi connectivity index (χ3n) is 3.25. The van der Waals surface area contributed by atoms with Gasteiger partial charge in [-0.2, -0.15) is 0 Å². The van der Waals surface area contributed by atoms with E-state index in [1.54, 1.807) is 37.8 Å². The molecule has 7 nitrogen and oxygen atoms in total. The predicted octanol–water partition coefficient (Wildman–Crippen LogP) is 3.15. The van der Waals surface area contributed by atoms with Crippen molar-refractivity contribution in [3.05, 3.63) is 34.8 Å². The lowest BCUT2D eigenvalue weighted by molar-refractivity contribution is 0.0703. The highest BCUT2D eigenvalue weighted by Crippen LogP contribution is 2.35. The van der Waals surface area contributed by atoms with Gasteiger partial charge in [-0.15, -0.1) is 11.3 Å². The Hall–Kier alpha value is -2.87. The molecule has 2 N–H and O–H groups in total. The van der Waals surface area contributed by atoms with E-state index in [0.29, 0.717) is 33.9 Å². The molecule has 3 rings (SSSR count). The Morgan fingerprint density at radius 1 is 1.22 bits per heavy atom. The summed E-state index contributed by atoms with van der Waals surface area (Å²) in [7, 11) is 3.09. The molecule has 0 saturated heterocycles. The molecule has 0 atom stereocenters. The van der Waals surface area contributed by atoms with Crippen LogP contribution in [0.2, 0.25) is 0 Å². The Labute approximate surface area is 135 Å². The van der Waals surface area contributed by atoms with Crippen LogP contribution in [-0.4, -0.2) is 35.3 Å². The molecule has 0 bridgehead atoms. The summed E-state index contributed by atoms with van der Waals surface area (Å²) in [5, 5.41) is 14.7. The van der Waals surface area contributed by atoms with Gasteiger partial charge in [-0.1, -0.05) is 0 Å². The fraction of sp³-hybridized carbons (Fsp3) is 0.133. The molecule has 0 saturated carbocycles. The number of carbonyl (C=O) groups is 1. The highest BCUT2D eigenvalue weighted by Gasteiger charge is 2.15. The molecule has 23 heavy (non-hydrogen) atoms. The van der Waals surface area contributed by atoms with Crippen LogP contribution in [0.3, 0.4) is 0 Å². The molecule has 2 aromatic heterocycles. The zero-order valence-electron chi connectivity index (χ0n) is 12.4. The Balaban J connectivity index is 2.10. The zero-order valence-corrected chi connectivity index (χ0v) is 13.2. The molecule has 0 aliphatic carbocycles. The molecule has 0 amide bonds. The van der Waals surface area contributed by atoms with Crippen molar-refractivity contribution < 1.29 is 19.4 Å². The van der Waals surface area contributed by atoms with Gasteiger partial charge in [0, 0.05) is 11.5 Å². The van der Waals surface area contributed by atoms with Crippen LogP contribution in [-0.2, 0) is 0 Å². The molecule has 0 fully saturated rings. The van der Waals surface area contributed by atoms with Crippen molar-refractivity contribution >= 4 is 39.7 Å². The molecule has 8 heteroatoms. The summed E-state index contributed by atoms with van der Waals surface area (Å²) in [5.41, 5.74) is 1.14. The van der Waals surface area contributed by atoms with Crippen molar-refractivity contribution in [2.45, 2.75) is 0 Å². The molecule has 1 aromatic carbocycles. The second kappa shape index (κ2) is 6.09. The van der Waals surface area contributed by atoms with E-state index in [-0.39, 0.29) is 4.88 Å². The van der Waals surface area contributed by atoms with E-state index in [9.17, 15) is 9.90 Å². The van der Waals surface area contributed by atoms with Gasteiger partial charge < -0.3 is 19.9 Å². The van der Waals surface area contributed by atoms with Gasteiger partial charge in [-0.05, 0) is 17.5 Å². The third-order valence-corrected chi connectivity index (χ3v) is 4.16. The number of benzene rings is 1. The van der Waals surface area contributed by atoms with Gasteiger partial charge in [0.25, 0.3) is 0 Å². The van der Waals surface area contributed by atoms with Gasteiger partial charge in [0.1, 0.15) is 17.0 Å². The minimum atomic E-state index is -0.986. The van der Waals surface area contributed by atoms with Crippen LogP contribution in [0.4, 0.5) is 11.5 Å². The van der Waals surface area contributed by atoms with Crippen LogP contribution < -0.4 is 14.8 Å². The van der Waals surface area contributed by atoms with E-state index in [4.69, 9.17) is 9.47 Å². The lowest BCUT2D eigenvalue weighted by Crippen LogP contribution is -2.01. The molecule has 0 aliphatic heterocycles. The van der Waals surface area contributed by atoms with E-state index in [1.807, 2.05) is 0 Å². The molecule has 118 valence electrons. The van der Waals surface area contributed by atoms with Gasteiger partial charge in [0.2, 0.25) is 0 Å². The Kier molecular flexibility index (Phi) is 3.98. The number of aromatic carboxylic acids is 1. The van der Waals surface area contributed by atoms with Crippen molar-refractivity contribution in [2.24, 2.45) is 0 Å². The van der Waals surface area contributed by atoms with Crippen molar-refractivity contribution in [2.75, 3.05) is 19.5 Å². The lowest BCUT2D eigenvalue weighted by atomic mass is 10.2. The van der Waals surface area contributed by atoms with Gasteiger partial charge in [0.05, 0.1) is 25.4 Å². The predicted molar refractivity (Wildman–Crippen MR) is 87.2 cm³/mol. The summed E-state index contributed by atoms with van der Waals surface area (Å²) < 4.78 is 10.6. The number of carboxylic acids is 1. The first kappa shape index (κ1) is 15.0. The summed E-state index contributed by atoms with van der Waals surface area (Å²) in [5.74, 6) is 0.616. The van der Waals surface area contributed by atoms with Crippen LogP contribution in [0.5, 0.6) is 11.5 Å². The Morgan fingerprint density at radius 3 is 2.65 bits per heavy atom. The van der Waals surface area contributed by atoms with Gasteiger partial charge in [-0.25, -0.2) is 14.8 Å². The van der Waals surface area contributed by atoms with Gasteiger partial charge >= 0.3 is 5.97 Å². The molecule has 3 aromatic rings. The van der Waals surface area contributed by atoms with Crippen molar-refractivity contribution in [3.63, 3.8) is 0 Å². The number of nitrogens with one attached hydrogen (secondary N) is 1. The average Bonchev–Trinajstić information content (AvgIpc) is 3.02. The lowest BCUT2D eigenvalue weighted by Gasteiger charge is -2.11. The number of carboxylic acid groups (broad SMARTS) is 1. The summed E-state index contributed by atoms with van der Waals surface area (Å²) in [6.07, 6.45) is 1.41. The Bertz CT molecular complexity index is 878. The maximum Gasteiger partial charge on any atom is 0.348 e. The van der Waals surface area contributed by atoms with E-state index in [0.717, 1.165) is 11.3 Å². The minimum Gasteiger partial charge on any atom is -0.493 e. The monoisotopic (exact) mass is 331 g/mol. The van der Waals surface area contributed by atoms with Crippen molar-refractivity contribution in [1.82, 2.24) is 9.97 Å². The molecule has 0 aliphatic rings. The Morgan fingerprint density at radius 2 is 1.96 bits per heavy atom. The van der Waals surface area contributed by atoms with E-state index >= 15 is 0 Å². The normalized spacial score (nSPS) is 10.5. The maximum absolute atomic E-state index is 11.2. The second-order valence-electron chi connectivity index (χ2n) is 4.54. The highest BCUT2D eigenvalue weighted by molar-refractivity contribution is 7.12. The molecular weight excluding hydrogens is 318 g/mol. The van der Waals surface area contributed by atoms with Gasteiger partial charge in [0.15, 0.2) is 11.5 Å². The molecule has 0 spiro atoms. The van der Waals surface area contributed by atoms with Crippen LogP contribution in [0, 0.1) is 0 Å². The average molecular weight is 331 g/mol. The van der Waals surface area contributed by atoms with Crippen LogP contribution in [0.25, 0.3) is 10.9 Å². The zero-order chi connectivity index (χ0) is 16.4. The number of methoxy groups -OCH3 is 2. The van der Waals surface area contributed by atoms with Crippen LogP contribution >= 0.6 is 11.3 Å². The number of anilines is 2. The molecule has 2 heterocycles. The number of rotatable bonds is 5. The number of aromatic nitrogens is 2. The SMILES string of the molecule is COc1cc2ncnc(Nc3ccsc3C(=O)O)c2cc1OC. The number of thiophene rings is 1. The second-order valence-corrected chi connectivity index (χ2v) is 5.46. The number of nitrogens with zero attached hydrogens (tertiary/aromatic N) is 2. The van der Waals surface area contributed by atoms with Crippen LogP contribution in [0.1, 0.15) is 9.67 Å².